The highest BCUT2D eigenvalue weighted by Gasteiger charge is 2.52. The Balaban J connectivity index is 1.64. The molecule has 0 bridgehead atoms. The van der Waals surface area contributed by atoms with E-state index in [1.54, 1.807) is 0 Å². The first kappa shape index (κ1) is 16.5. The zero-order chi connectivity index (χ0) is 17.3. The van der Waals surface area contributed by atoms with Gasteiger partial charge in [-0.15, -0.1) is 0 Å². The molecule has 0 amide bonds. The van der Waals surface area contributed by atoms with Crippen LogP contribution >= 0.6 is 0 Å². The molecule has 5 aliphatic rings. The second-order valence-electron chi connectivity index (χ2n) is 8.48. The van der Waals surface area contributed by atoms with Gasteiger partial charge in [-0.2, -0.15) is 0 Å². The molecule has 136 valence electrons. The summed E-state index contributed by atoms with van der Waals surface area (Å²) in [5.41, 5.74) is 1.35. The predicted octanol–water partition coefficient (Wildman–Crippen LogP) is 5.92. The minimum absolute atomic E-state index is 0.326. The van der Waals surface area contributed by atoms with E-state index in [0.29, 0.717) is 30.6 Å². The van der Waals surface area contributed by atoms with Gasteiger partial charge in [0.15, 0.2) is 0 Å². The molecule has 2 fully saturated rings. The molecule has 3 heteroatoms. The van der Waals surface area contributed by atoms with Crippen LogP contribution in [0.4, 0.5) is 0 Å². The smallest absolute Gasteiger partial charge is 0.203 e. The first-order valence-electron chi connectivity index (χ1n) is 10.7. The van der Waals surface area contributed by atoms with Gasteiger partial charge in [-0.25, -0.2) is 0 Å². The Morgan fingerprint density at radius 3 is 2.73 bits per heavy atom. The first-order valence-corrected chi connectivity index (χ1v) is 10.7. The number of ether oxygens (including phenoxy) is 2. The normalized spacial score (nSPS) is 41.7. The molecule has 4 unspecified atom stereocenters. The van der Waals surface area contributed by atoms with E-state index in [-0.39, 0.29) is 0 Å². The Labute approximate surface area is 157 Å². The lowest BCUT2D eigenvalue weighted by molar-refractivity contribution is 0.0748. The molecule has 0 aromatic carbocycles. The van der Waals surface area contributed by atoms with Crippen LogP contribution in [0, 0.1) is 0 Å². The van der Waals surface area contributed by atoms with Crippen molar-refractivity contribution in [3.8, 4) is 0 Å². The van der Waals surface area contributed by atoms with E-state index in [1.807, 2.05) is 0 Å². The van der Waals surface area contributed by atoms with Gasteiger partial charge in [0.1, 0.15) is 11.5 Å². The molecule has 0 aromatic heterocycles. The molecule has 5 rings (SSSR count). The fourth-order valence-corrected chi connectivity index (χ4v) is 5.73. The average Bonchev–Trinajstić information content (AvgIpc) is 2.85. The lowest BCUT2D eigenvalue weighted by Gasteiger charge is -2.47. The number of hydrogen-bond donors (Lipinski definition) is 0. The van der Waals surface area contributed by atoms with Crippen LogP contribution in [0.1, 0.15) is 57.8 Å². The largest absolute Gasteiger partial charge is 0.491 e. The Morgan fingerprint density at radius 1 is 0.846 bits per heavy atom. The van der Waals surface area contributed by atoms with Gasteiger partial charge in [0, 0.05) is 5.47 Å². The molecule has 0 N–H and O–H groups in total. The van der Waals surface area contributed by atoms with E-state index in [0.717, 1.165) is 11.5 Å². The number of rotatable bonds is 0. The van der Waals surface area contributed by atoms with Crippen LogP contribution in [0.3, 0.4) is 0 Å². The molecular formula is C23H29BO2. The van der Waals surface area contributed by atoms with Gasteiger partial charge in [-0.3, -0.25) is 0 Å². The highest BCUT2D eigenvalue weighted by molar-refractivity contribution is 6.72. The van der Waals surface area contributed by atoms with Crippen LogP contribution in [0.15, 0.2) is 59.5 Å². The van der Waals surface area contributed by atoms with Crippen LogP contribution in [-0.2, 0) is 9.47 Å². The summed E-state index contributed by atoms with van der Waals surface area (Å²) in [7, 11) is 0. The summed E-state index contributed by atoms with van der Waals surface area (Å²) in [5.74, 6) is 3.28. The summed E-state index contributed by atoms with van der Waals surface area (Å²) in [6, 6.07) is 0. The molecule has 2 heterocycles. The van der Waals surface area contributed by atoms with Gasteiger partial charge in [-0.05, 0) is 62.3 Å². The zero-order valence-corrected chi connectivity index (χ0v) is 15.6. The van der Waals surface area contributed by atoms with Crippen LogP contribution in [-0.4, -0.2) is 18.9 Å². The summed E-state index contributed by atoms with van der Waals surface area (Å²) >= 11 is 0. The van der Waals surface area contributed by atoms with Crippen LogP contribution < -0.4 is 0 Å². The maximum atomic E-state index is 6.60. The van der Waals surface area contributed by atoms with Crippen LogP contribution in [0.2, 0.25) is 11.6 Å². The van der Waals surface area contributed by atoms with Crippen molar-refractivity contribution in [1.82, 2.24) is 0 Å². The van der Waals surface area contributed by atoms with Gasteiger partial charge in [-0.1, -0.05) is 49.6 Å². The highest BCUT2D eigenvalue weighted by atomic mass is 16.5. The Bertz CT molecular complexity index is 699. The molecule has 2 nitrogen and oxygen atoms in total. The van der Waals surface area contributed by atoms with Gasteiger partial charge < -0.3 is 9.47 Å². The molecule has 0 spiro atoms. The minimum atomic E-state index is 0.326. The molecule has 4 atom stereocenters. The summed E-state index contributed by atoms with van der Waals surface area (Å²) < 4.78 is 13.2. The van der Waals surface area contributed by atoms with E-state index < -0.39 is 0 Å². The molecule has 0 radical (unpaired) electrons. The van der Waals surface area contributed by atoms with E-state index in [1.165, 1.54) is 63.3 Å². The molecule has 26 heavy (non-hydrogen) atoms. The maximum Gasteiger partial charge on any atom is 0.203 e. The number of allylic oxidation sites excluding steroid dienone is 7. The molecule has 3 aliphatic carbocycles. The third-order valence-corrected chi connectivity index (χ3v) is 6.91. The van der Waals surface area contributed by atoms with Crippen LogP contribution in [0.5, 0.6) is 0 Å². The SMILES string of the molecule is C1=C\C=C2\OC3CCCCCC3B3C2=C(\C=C/1)OC1CCCC/C=C\C31. The molecular weight excluding hydrogens is 319 g/mol. The molecule has 1 saturated heterocycles. The molecule has 1 saturated carbocycles. The Hall–Kier alpha value is -1.64. The van der Waals surface area contributed by atoms with Crippen molar-refractivity contribution in [2.45, 2.75) is 81.6 Å². The lowest BCUT2D eigenvalue weighted by Crippen LogP contribution is -2.49. The summed E-state index contributed by atoms with van der Waals surface area (Å²) in [6.45, 7) is 0.553. The third-order valence-electron chi connectivity index (χ3n) is 6.91. The quantitative estimate of drug-likeness (QED) is 0.400. The lowest BCUT2D eigenvalue weighted by atomic mass is 9.26. The Morgan fingerprint density at radius 2 is 1.73 bits per heavy atom. The van der Waals surface area contributed by atoms with E-state index in [4.69, 9.17) is 9.47 Å². The van der Waals surface area contributed by atoms with Crippen molar-refractivity contribution in [2.24, 2.45) is 0 Å². The number of fused-ring (bicyclic) bond motifs is 4. The summed E-state index contributed by atoms with van der Waals surface area (Å²) in [5, 5.41) is 0. The fourth-order valence-electron chi connectivity index (χ4n) is 5.73. The second-order valence-corrected chi connectivity index (χ2v) is 8.48. The minimum Gasteiger partial charge on any atom is -0.491 e. The van der Waals surface area contributed by atoms with Gasteiger partial charge >= 0.3 is 0 Å². The third kappa shape index (κ3) is 2.90. The molecule has 2 aliphatic heterocycles. The van der Waals surface area contributed by atoms with Gasteiger partial charge in [0.2, 0.25) is 6.71 Å². The van der Waals surface area contributed by atoms with E-state index >= 15 is 0 Å². The molecule has 0 aromatic rings. The Kier molecular flexibility index (Phi) is 4.56. The van der Waals surface area contributed by atoms with Gasteiger partial charge in [0.25, 0.3) is 0 Å². The monoisotopic (exact) mass is 348 g/mol. The second kappa shape index (κ2) is 7.17. The first-order chi connectivity index (χ1) is 12.9. The maximum absolute atomic E-state index is 6.60. The van der Waals surface area contributed by atoms with Crippen molar-refractivity contribution >= 4 is 6.71 Å². The van der Waals surface area contributed by atoms with Crippen molar-refractivity contribution in [2.75, 3.05) is 0 Å². The average molecular weight is 348 g/mol. The summed E-state index contributed by atoms with van der Waals surface area (Å²) in [6.07, 6.45) is 27.8. The van der Waals surface area contributed by atoms with Gasteiger partial charge in [0.05, 0.1) is 12.2 Å². The van der Waals surface area contributed by atoms with Crippen molar-refractivity contribution < 1.29 is 9.47 Å². The van der Waals surface area contributed by atoms with Crippen molar-refractivity contribution in [1.29, 1.82) is 0 Å². The van der Waals surface area contributed by atoms with Crippen molar-refractivity contribution in [3.63, 3.8) is 0 Å². The zero-order valence-electron chi connectivity index (χ0n) is 15.6. The number of hydrogen-bond acceptors (Lipinski definition) is 2. The highest BCUT2D eigenvalue weighted by Crippen LogP contribution is 2.52. The summed E-state index contributed by atoms with van der Waals surface area (Å²) in [4.78, 5) is 0. The van der Waals surface area contributed by atoms with E-state index in [9.17, 15) is 0 Å². The van der Waals surface area contributed by atoms with Crippen molar-refractivity contribution in [3.05, 3.63) is 59.5 Å². The predicted molar refractivity (Wildman–Crippen MR) is 107 cm³/mol. The topological polar surface area (TPSA) is 18.5 Å². The standard InChI is InChI=1S/C23H29BO2/c1-2-7-13-19-17(11-5-1)24-18-12-6-3-8-14-20(18)26-22-16-10-4-9-15-21(25-19)23(22)24/h4-5,9-11,15-20H,1-3,6-8,12-14H2/b9-4?,10-4-,11-5-,15-9-,16-10?,21-15?,22-16+. The fraction of sp³-hybridized carbons (Fsp3) is 0.565. The van der Waals surface area contributed by atoms with Crippen LogP contribution in [0.25, 0.3) is 0 Å². The van der Waals surface area contributed by atoms with E-state index in [2.05, 4.69) is 42.5 Å².